The maximum Gasteiger partial charge on any atom is 0.271 e. The molecule has 0 bridgehead atoms. The maximum absolute atomic E-state index is 11.9. The zero-order chi connectivity index (χ0) is 14.4. The predicted molar refractivity (Wildman–Crippen MR) is 75.6 cm³/mol. The molecule has 1 heterocycles. The van der Waals surface area contributed by atoms with Crippen molar-refractivity contribution in [2.45, 2.75) is 6.10 Å². The number of hydrogen-bond donors (Lipinski definition) is 1. The van der Waals surface area contributed by atoms with E-state index < -0.39 is 0 Å². The second-order valence-electron chi connectivity index (χ2n) is 4.08. The average Bonchev–Trinajstić information content (AvgIpc) is 2.48. The first-order valence-electron chi connectivity index (χ1n) is 6.03. The van der Waals surface area contributed by atoms with E-state index in [-0.39, 0.29) is 17.7 Å². The van der Waals surface area contributed by atoms with E-state index in [0.717, 1.165) is 5.56 Å². The monoisotopic (exact) mass is 291 g/mol. The van der Waals surface area contributed by atoms with E-state index in [1.54, 1.807) is 13.2 Å². The molecule has 1 atom stereocenters. The van der Waals surface area contributed by atoms with E-state index in [1.165, 1.54) is 18.6 Å². The lowest BCUT2D eigenvalue weighted by Gasteiger charge is -2.16. The van der Waals surface area contributed by atoms with Gasteiger partial charge in [-0.15, -0.1) is 0 Å². The first kappa shape index (κ1) is 14.4. The second-order valence-corrected chi connectivity index (χ2v) is 4.52. The Labute approximate surface area is 122 Å². The predicted octanol–water partition coefficient (Wildman–Crippen LogP) is 2.25. The molecule has 0 saturated carbocycles. The van der Waals surface area contributed by atoms with Crippen molar-refractivity contribution in [3.8, 4) is 0 Å². The summed E-state index contributed by atoms with van der Waals surface area (Å²) >= 11 is 5.94. The number of nitrogens with one attached hydrogen (secondary N) is 1. The lowest BCUT2D eigenvalue weighted by molar-refractivity contribution is 0.0824. The van der Waals surface area contributed by atoms with Crippen molar-refractivity contribution in [1.29, 1.82) is 0 Å². The van der Waals surface area contributed by atoms with Crippen LogP contribution in [0.4, 0.5) is 0 Å². The Bertz CT molecular complexity index is 578. The maximum atomic E-state index is 11.9. The zero-order valence-corrected chi connectivity index (χ0v) is 11.7. The molecule has 0 radical (unpaired) electrons. The lowest BCUT2D eigenvalue weighted by Crippen LogP contribution is -2.29. The van der Waals surface area contributed by atoms with Gasteiger partial charge in [-0.1, -0.05) is 23.7 Å². The van der Waals surface area contributed by atoms with Gasteiger partial charge in [-0.2, -0.15) is 0 Å². The van der Waals surface area contributed by atoms with Crippen LogP contribution in [-0.2, 0) is 4.74 Å². The van der Waals surface area contributed by atoms with Crippen molar-refractivity contribution in [2.75, 3.05) is 13.7 Å². The van der Waals surface area contributed by atoms with Crippen LogP contribution in [-0.4, -0.2) is 29.5 Å². The minimum atomic E-state index is -0.290. The molecule has 104 valence electrons. The first-order chi connectivity index (χ1) is 9.70. The summed E-state index contributed by atoms with van der Waals surface area (Å²) in [4.78, 5) is 19.7. The Morgan fingerprint density at radius 3 is 2.95 bits per heavy atom. The van der Waals surface area contributed by atoms with Crippen LogP contribution < -0.4 is 5.32 Å². The Morgan fingerprint density at radius 1 is 1.45 bits per heavy atom. The van der Waals surface area contributed by atoms with Crippen LogP contribution in [0.1, 0.15) is 22.2 Å². The molecule has 1 N–H and O–H groups in total. The number of methoxy groups -OCH3 is 1. The molecular weight excluding hydrogens is 278 g/mol. The topological polar surface area (TPSA) is 64.1 Å². The Morgan fingerprint density at radius 2 is 2.30 bits per heavy atom. The van der Waals surface area contributed by atoms with Gasteiger partial charge in [0.25, 0.3) is 5.91 Å². The van der Waals surface area contributed by atoms with Crippen LogP contribution in [0, 0.1) is 0 Å². The third kappa shape index (κ3) is 3.76. The van der Waals surface area contributed by atoms with E-state index in [0.29, 0.717) is 11.6 Å². The van der Waals surface area contributed by atoms with Crippen molar-refractivity contribution < 1.29 is 9.53 Å². The standard InChI is InChI=1S/C14H14ClN3O2/c1-20-13(10-3-2-4-11(15)7-10)9-18-14(19)12-8-16-5-6-17-12/h2-8,13H,9H2,1H3,(H,18,19)/t13-/m1/s1. The third-order valence-corrected chi connectivity index (χ3v) is 2.98. The summed E-state index contributed by atoms with van der Waals surface area (Å²) in [5, 5.41) is 3.39. The van der Waals surface area contributed by atoms with Crippen LogP contribution in [0.3, 0.4) is 0 Å². The molecular formula is C14H14ClN3O2. The molecule has 1 aromatic carbocycles. The smallest absolute Gasteiger partial charge is 0.271 e. The fraction of sp³-hybridized carbons (Fsp3) is 0.214. The van der Waals surface area contributed by atoms with Crippen LogP contribution in [0.2, 0.25) is 5.02 Å². The molecule has 6 heteroatoms. The van der Waals surface area contributed by atoms with Crippen LogP contribution in [0.25, 0.3) is 0 Å². The largest absolute Gasteiger partial charge is 0.375 e. The van der Waals surface area contributed by atoms with Gasteiger partial charge in [0.2, 0.25) is 0 Å². The molecule has 0 aliphatic heterocycles. The molecule has 5 nitrogen and oxygen atoms in total. The van der Waals surface area contributed by atoms with E-state index in [9.17, 15) is 4.79 Å². The van der Waals surface area contributed by atoms with Gasteiger partial charge >= 0.3 is 0 Å². The number of carbonyl (C=O) groups excluding carboxylic acids is 1. The molecule has 0 unspecified atom stereocenters. The van der Waals surface area contributed by atoms with Crippen LogP contribution in [0.15, 0.2) is 42.9 Å². The number of nitrogens with zero attached hydrogens (tertiary/aromatic N) is 2. The number of aromatic nitrogens is 2. The van der Waals surface area contributed by atoms with Gasteiger partial charge in [-0.3, -0.25) is 9.78 Å². The van der Waals surface area contributed by atoms with Gasteiger partial charge in [0.05, 0.1) is 12.3 Å². The van der Waals surface area contributed by atoms with E-state index in [4.69, 9.17) is 16.3 Å². The Kier molecular flexibility index (Phi) is 5.03. The quantitative estimate of drug-likeness (QED) is 0.918. The van der Waals surface area contributed by atoms with Gasteiger partial charge in [-0.05, 0) is 17.7 Å². The molecule has 0 aliphatic carbocycles. The second kappa shape index (κ2) is 6.98. The molecule has 0 saturated heterocycles. The Hall–Kier alpha value is -1.98. The number of benzene rings is 1. The SMILES string of the molecule is CO[C@H](CNC(=O)c1cnccn1)c1cccc(Cl)c1. The molecule has 0 spiro atoms. The number of ether oxygens (including phenoxy) is 1. The van der Waals surface area contributed by atoms with Gasteiger partial charge in [0.15, 0.2) is 0 Å². The zero-order valence-electron chi connectivity index (χ0n) is 10.9. The highest BCUT2D eigenvalue weighted by molar-refractivity contribution is 6.30. The highest BCUT2D eigenvalue weighted by atomic mass is 35.5. The van der Waals surface area contributed by atoms with Crippen molar-refractivity contribution in [3.05, 3.63) is 59.1 Å². The van der Waals surface area contributed by atoms with Crippen molar-refractivity contribution >= 4 is 17.5 Å². The molecule has 1 aromatic heterocycles. The van der Waals surface area contributed by atoms with Crippen LogP contribution in [0.5, 0.6) is 0 Å². The highest BCUT2D eigenvalue weighted by Gasteiger charge is 2.14. The summed E-state index contributed by atoms with van der Waals surface area (Å²) < 4.78 is 5.37. The third-order valence-electron chi connectivity index (χ3n) is 2.75. The van der Waals surface area contributed by atoms with Crippen molar-refractivity contribution in [1.82, 2.24) is 15.3 Å². The minimum Gasteiger partial charge on any atom is -0.375 e. The molecule has 1 amide bonds. The van der Waals surface area contributed by atoms with Gasteiger partial charge in [-0.25, -0.2) is 4.98 Å². The first-order valence-corrected chi connectivity index (χ1v) is 6.41. The van der Waals surface area contributed by atoms with Gasteiger partial charge < -0.3 is 10.1 Å². The number of halogens is 1. The number of amides is 1. The van der Waals surface area contributed by atoms with Gasteiger partial charge in [0.1, 0.15) is 5.69 Å². The lowest BCUT2D eigenvalue weighted by atomic mass is 10.1. The summed E-state index contributed by atoms with van der Waals surface area (Å²) in [6, 6.07) is 7.34. The van der Waals surface area contributed by atoms with E-state index in [2.05, 4.69) is 15.3 Å². The summed E-state index contributed by atoms with van der Waals surface area (Å²) in [6.07, 6.45) is 4.13. The fourth-order valence-corrected chi connectivity index (χ4v) is 1.94. The molecule has 0 aliphatic rings. The summed E-state index contributed by atoms with van der Waals surface area (Å²) in [5.41, 5.74) is 1.17. The molecule has 0 fully saturated rings. The number of hydrogen-bond acceptors (Lipinski definition) is 4. The van der Waals surface area contributed by atoms with Gasteiger partial charge in [0, 0.05) is 31.1 Å². The average molecular weight is 292 g/mol. The van der Waals surface area contributed by atoms with E-state index in [1.807, 2.05) is 18.2 Å². The summed E-state index contributed by atoms with van der Waals surface area (Å²) in [7, 11) is 1.58. The Balaban J connectivity index is 1.99. The number of carbonyl (C=O) groups is 1. The van der Waals surface area contributed by atoms with Crippen LogP contribution >= 0.6 is 11.6 Å². The van der Waals surface area contributed by atoms with Crippen molar-refractivity contribution in [2.24, 2.45) is 0 Å². The van der Waals surface area contributed by atoms with Crippen molar-refractivity contribution in [3.63, 3.8) is 0 Å². The summed E-state index contributed by atoms with van der Waals surface area (Å²) in [5.74, 6) is -0.290. The molecule has 20 heavy (non-hydrogen) atoms. The molecule has 2 aromatic rings. The highest BCUT2D eigenvalue weighted by Crippen LogP contribution is 2.19. The number of rotatable bonds is 5. The molecule has 2 rings (SSSR count). The normalized spacial score (nSPS) is 11.9. The van der Waals surface area contributed by atoms with E-state index >= 15 is 0 Å². The fourth-order valence-electron chi connectivity index (χ4n) is 1.74. The summed E-state index contributed by atoms with van der Waals surface area (Å²) in [6.45, 7) is 0.326. The minimum absolute atomic E-state index is 0.269.